The summed E-state index contributed by atoms with van der Waals surface area (Å²) >= 11 is 1.65. The Hall–Kier alpha value is -2.99. The Bertz CT molecular complexity index is 1130. The van der Waals surface area contributed by atoms with Crippen molar-refractivity contribution < 1.29 is 13.6 Å². The summed E-state index contributed by atoms with van der Waals surface area (Å²) in [5.74, 6) is -0.549. The van der Waals surface area contributed by atoms with Crippen molar-refractivity contribution in [3.8, 4) is 0 Å². The molecule has 0 aliphatic carbocycles. The predicted octanol–water partition coefficient (Wildman–Crippen LogP) is 5.49. The van der Waals surface area contributed by atoms with Crippen LogP contribution in [0.5, 0.6) is 0 Å². The van der Waals surface area contributed by atoms with Crippen molar-refractivity contribution in [1.29, 1.82) is 0 Å². The van der Waals surface area contributed by atoms with E-state index < -0.39 is 5.82 Å². The van der Waals surface area contributed by atoms with Gasteiger partial charge in [0.1, 0.15) is 0 Å². The zero-order chi connectivity index (χ0) is 19.7. The first kappa shape index (κ1) is 18.4. The van der Waals surface area contributed by atoms with Crippen LogP contribution in [0.3, 0.4) is 0 Å². The highest BCUT2D eigenvalue weighted by Gasteiger charge is 2.25. The largest absolute Gasteiger partial charge is 0.448 e. The minimum atomic E-state index is -0.465. The average Bonchev–Trinajstić information content (AvgIpc) is 3.26. The molecular weight excluding hydrogens is 375 g/mol. The molecule has 1 aromatic carbocycles. The van der Waals surface area contributed by atoms with Crippen LogP contribution in [0.25, 0.3) is 11.0 Å². The van der Waals surface area contributed by atoms with Gasteiger partial charge in [-0.3, -0.25) is 9.78 Å². The van der Waals surface area contributed by atoms with E-state index in [-0.39, 0.29) is 17.3 Å². The van der Waals surface area contributed by atoms with Gasteiger partial charge >= 0.3 is 0 Å². The van der Waals surface area contributed by atoms with Gasteiger partial charge in [-0.25, -0.2) is 4.39 Å². The molecule has 0 saturated carbocycles. The molecule has 4 aromatic rings. The Kier molecular flexibility index (Phi) is 4.96. The number of rotatable bonds is 5. The van der Waals surface area contributed by atoms with Crippen molar-refractivity contribution in [2.75, 3.05) is 0 Å². The molecule has 142 valence electrons. The molecular formula is C22H19FN2O2S. The number of thiophene rings is 1. The summed E-state index contributed by atoms with van der Waals surface area (Å²) in [5, 5.41) is 0.622. The lowest BCUT2D eigenvalue weighted by Gasteiger charge is -2.21. The lowest BCUT2D eigenvalue weighted by atomic mass is 10.1. The SMILES string of the molecule is Cc1ccc(CN(Cc2cccnc2)C(=O)c2oc3c(F)cccc3c2C)s1. The number of amides is 1. The van der Waals surface area contributed by atoms with Crippen LogP contribution in [0.2, 0.25) is 0 Å². The molecule has 3 aromatic heterocycles. The van der Waals surface area contributed by atoms with E-state index in [1.165, 1.54) is 10.9 Å². The lowest BCUT2D eigenvalue weighted by Crippen LogP contribution is -2.30. The lowest BCUT2D eigenvalue weighted by molar-refractivity contribution is 0.0700. The van der Waals surface area contributed by atoms with E-state index in [0.29, 0.717) is 24.0 Å². The van der Waals surface area contributed by atoms with Crippen LogP contribution in [0.1, 0.15) is 31.4 Å². The third-order valence-electron chi connectivity index (χ3n) is 4.64. The molecule has 0 bridgehead atoms. The number of benzene rings is 1. The minimum absolute atomic E-state index is 0.122. The van der Waals surface area contributed by atoms with Crippen molar-refractivity contribution >= 4 is 28.2 Å². The van der Waals surface area contributed by atoms with Crippen LogP contribution in [0.15, 0.2) is 59.3 Å². The van der Waals surface area contributed by atoms with Crippen molar-refractivity contribution in [3.63, 3.8) is 0 Å². The second-order valence-corrected chi connectivity index (χ2v) is 8.08. The number of aryl methyl sites for hydroxylation is 2. The number of para-hydroxylation sites is 1. The van der Waals surface area contributed by atoms with Gasteiger partial charge in [-0.15, -0.1) is 11.3 Å². The highest BCUT2D eigenvalue weighted by atomic mass is 32.1. The number of nitrogens with zero attached hydrogens (tertiary/aromatic N) is 2. The van der Waals surface area contributed by atoms with Gasteiger partial charge in [-0.1, -0.05) is 18.2 Å². The van der Waals surface area contributed by atoms with E-state index in [9.17, 15) is 9.18 Å². The van der Waals surface area contributed by atoms with Gasteiger partial charge in [-0.05, 0) is 43.7 Å². The highest BCUT2D eigenvalue weighted by molar-refractivity contribution is 7.11. The number of fused-ring (bicyclic) bond motifs is 1. The van der Waals surface area contributed by atoms with Crippen LogP contribution < -0.4 is 0 Å². The molecule has 4 rings (SSSR count). The average molecular weight is 394 g/mol. The maximum atomic E-state index is 14.1. The van der Waals surface area contributed by atoms with Crippen LogP contribution >= 0.6 is 11.3 Å². The maximum absolute atomic E-state index is 14.1. The molecule has 0 radical (unpaired) electrons. The Morgan fingerprint density at radius 3 is 2.68 bits per heavy atom. The van der Waals surface area contributed by atoms with Crippen molar-refractivity contribution in [2.45, 2.75) is 26.9 Å². The number of carbonyl (C=O) groups is 1. The molecule has 1 amide bonds. The van der Waals surface area contributed by atoms with Crippen LogP contribution in [0, 0.1) is 19.7 Å². The first-order valence-electron chi connectivity index (χ1n) is 8.94. The summed E-state index contributed by atoms with van der Waals surface area (Å²) in [4.78, 5) is 21.5. The zero-order valence-electron chi connectivity index (χ0n) is 15.6. The fraction of sp³-hybridized carbons (Fsp3) is 0.182. The summed E-state index contributed by atoms with van der Waals surface area (Å²) in [6.07, 6.45) is 3.44. The number of halogens is 1. The topological polar surface area (TPSA) is 46.3 Å². The quantitative estimate of drug-likeness (QED) is 0.450. The summed E-state index contributed by atoms with van der Waals surface area (Å²) in [6, 6.07) is 12.6. The number of furan rings is 1. The molecule has 4 nitrogen and oxygen atoms in total. The van der Waals surface area contributed by atoms with Crippen molar-refractivity contribution in [1.82, 2.24) is 9.88 Å². The fourth-order valence-corrected chi connectivity index (χ4v) is 4.13. The molecule has 0 N–H and O–H groups in total. The zero-order valence-corrected chi connectivity index (χ0v) is 16.4. The number of hydrogen-bond acceptors (Lipinski definition) is 4. The number of aromatic nitrogens is 1. The minimum Gasteiger partial charge on any atom is -0.448 e. The normalized spacial score (nSPS) is 11.1. The van der Waals surface area contributed by atoms with Gasteiger partial charge in [0.25, 0.3) is 5.91 Å². The van der Waals surface area contributed by atoms with Gasteiger partial charge in [-0.2, -0.15) is 0 Å². The third kappa shape index (κ3) is 3.55. The van der Waals surface area contributed by atoms with Gasteiger partial charge in [0.2, 0.25) is 0 Å². The molecule has 0 fully saturated rings. The van der Waals surface area contributed by atoms with Crippen LogP contribution in [0.4, 0.5) is 4.39 Å². The maximum Gasteiger partial charge on any atom is 0.290 e. The number of pyridine rings is 1. The second kappa shape index (κ2) is 7.56. The van der Waals surface area contributed by atoms with E-state index in [4.69, 9.17) is 4.42 Å². The number of hydrogen-bond donors (Lipinski definition) is 0. The summed E-state index contributed by atoms with van der Waals surface area (Å²) in [7, 11) is 0. The molecule has 0 spiro atoms. The fourth-order valence-electron chi connectivity index (χ4n) is 3.23. The molecule has 0 aliphatic rings. The van der Waals surface area contributed by atoms with Gasteiger partial charge in [0, 0.05) is 39.6 Å². The highest BCUT2D eigenvalue weighted by Crippen LogP contribution is 2.29. The van der Waals surface area contributed by atoms with Gasteiger partial charge in [0.15, 0.2) is 17.2 Å². The van der Waals surface area contributed by atoms with E-state index in [1.807, 2.05) is 31.2 Å². The van der Waals surface area contributed by atoms with E-state index in [0.717, 1.165) is 10.4 Å². The second-order valence-electron chi connectivity index (χ2n) is 6.71. The Morgan fingerprint density at radius 2 is 2.00 bits per heavy atom. The molecule has 3 heterocycles. The molecule has 28 heavy (non-hydrogen) atoms. The summed E-state index contributed by atoms with van der Waals surface area (Å²) in [6.45, 7) is 4.66. The third-order valence-corrected chi connectivity index (χ3v) is 5.62. The van der Waals surface area contributed by atoms with Gasteiger partial charge < -0.3 is 9.32 Å². The standard InChI is InChI=1S/C22H19FN2O2S/c1-14-8-9-17(28-14)13-25(12-16-5-4-10-24-11-16)22(26)20-15(2)18-6-3-7-19(23)21(18)27-20/h3-11H,12-13H2,1-2H3. The van der Waals surface area contributed by atoms with E-state index >= 15 is 0 Å². The molecule has 0 saturated heterocycles. The first-order chi connectivity index (χ1) is 13.5. The Balaban J connectivity index is 1.71. The summed E-state index contributed by atoms with van der Waals surface area (Å²) in [5.41, 5.74) is 1.69. The first-order valence-corrected chi connectivity index (χ1v) is 9.75. The monoisotopic (exact) mass is 394 g/mol. The molecule has 6 heteroatoms. The Labute approximate surface area is 166 Å². The van der Waals surface area contributed by atoms with Crippen LogP contribution in [-0.4, -0.2) is 15.8 Å². The van der Waals surface area contributed by atoms with Gasteiger partial charge in [0.05, 0.1) is 6.54 Å². The molecule has 0 aliphatic heterocycles. The van der Waals surface area contributed by atoms with Crippen molar-refractivity contribution in [3.05, 3.63) is 87.3 Å². The molecule has 0 unspecified atom stereocenters. The van der Waals surface area contributed by atoms with E-state index in [1.54, 1.807) is 47.7 Å². The summed E-state index contributed by atoms with van der Waals surface area (Å²) < 4.78 is 19.8. The van der Waals surface area contributed by atoms with E-state index in [2.05, 4.69) is 4.98 Å². The Morgan fingerprint density at radius 1 is 1.14 bits per heavy atom. The smallest absolute Gasteiger partial charge is 0.290 e. The predicted molar refractivity (Wildman–Crippen MR) is 108 cm³/mol. The van der Waals surface area contributed by atoms with Crippen molar-refractivity contribution in [2.24, 2.45) is 0 Å². The molecule has 0 atom stereocenters. The van der Waals surface area contributed by atoms with Crippen LogP contribution in [-0.2, 0) is 13.1 Å². The number of carbonyl (C=O) groups excluding carboxylic acids is 1.